The molecule has 2 aliphatic rings. The molecule has 134 valence electrons. The van der Waals surface area contributed by atoms with Crippen molar-refractivity contribution in [1.29, 1.82) is 0 Å². The Labute approximate surface area is 151 Å². The molecular formula is C20H20N2O4. The fraction of sp³-hybridized carbons (Fsp3) is 0.300. The van der Waals surface area contributed by atoms with Gasteiger partial charge in [0, 0.05) is 36.0 Å². The number of nitro benzene ring substituents is 1. The second-order valence-electron chi connectivity index (χ2n) is 7.27. The van der Waals surface area contributed by atoms with Crippen LogP contribution in [0.4, 0.5) is 11.4 Å². The predicted octanol–water partition coefficient (Wildman–Crippen LogP) is 3.62. The van der Waals surface area contributed by atoms with Crippen LogP contribution in [0.25, 0.3) is 6.08 Å². The number of likely N-dealkylation sites (N-methyl/N-ethyl adjacent to an activating group) is 1. The molecule has 0 fully saturated rings. The van der Waals surface area contributed by atoms with Crippen molar-refractivity contribution in [3.05, 3.63) is 69.3 Å². The summed E-state index contributed by atoms with van der Waals surface area (Å²) in [5.41, 5.74) is 2.08. The number of hydrogen-bond acceptors (Lipinski definition) is 5. The molecular weight excluding hydrogens is 332 g/mol. The molecule has 0 radical (unpaired) electrons. The number of ether oxygens (including phenoxy) is 1. The lowest BCUT2D eigenvalue weighted by molar-refractivity contribution is -0.385. The highest BCUT2D eigenvalue weighted by atomic mass is 16.6. The minimum Gasteiger partial charge on any atom is -0.462 e. The molecule has 2 aromatic rings. The second kappa shape index (κ2) is 5.32. The predicted molar refractivity (Wildman–Crippen MR) is 99.3 cm³/mol. The quantitative estimate of drug-likeness (QED) is 0.660. The van der Waals surface area contributed by atoms with Crippen molar-refractivity contribution in [2.75, 3.05) is 11.9 Å². The molecule has 0 aliphatic carbocycles. The number of hydrogen-bond donors (Lipinski definition) is 1. The van der Waals surface area contributed by atoms with Crippen molar-refractivity contribution in [2.24, 2.45) is 0 Å². The topological polar surface area (TPSA) is 75.8 Å². The summed E-state index contributed by atoms with van der Waals surface area (Å²) in [6.07, 6.45) is 3.81. The number of fused-ring (bicyclic) bond motifs is 2. The fourth-order valence-electron chi connectivity index (χ4n) is 4.16. The number of nitrogens with zero attached hydrogens (tertiary/aromatic N) is 2. The summed E-state index contributed by atoms with van der Waals surface area (Å²) in [6.45, 7) is 3.91. The average Bonchev–Trinajstić information content (AvgIpc) is 2.80. The van der Waals surface area contributed by atoms with E-state index in [4.69, 9.17) is 4.74 Å². The van der Waals surface area contributed by atoms with E-state index < -0.39 is 10.6 Å². The van der Waals surface area contributed by atoms with Crippen LogP contribution in [-0.2, 0) is 12.0 Å². The Bertz CT molecular complexity index is 951. The maximum atomic E-state index is 11.2. The van der Waals surface area contributed by atoms with Gasteiger partial charge in [0.25, 0.3) is 5.69 Å². The zero-order chi connectivity index (χ0) is 18.7. The van der Waals surface area contributed by atoms with Gasteiger partial charge >= 0.3 is 0 Å². The molecule has 0 bridgehead atoms. The first kappa shape index (κ1) is 16.6. The Balaban J connectivity index is 1.89. The minimum absolute atomic E-state index is 0.0562. The van der Waals surface area contributed by atoms with Crippen LogP contribution in [0.2, 0.25) is 0 Å². The molecule has 4 rings (SSSR count). The van der Waals surface area contributed by atoms with Crippen molar-refractivity contribution in [1.82, 2.24) is 0 Å². The number of para-hydroxylation sites is 1. The molecule has 0 amide bonds. The Morgan fingerprint density at radius 1 is 1.27 bits per heavy atom. The number of nitro groups is 1. The third-order valence-electron chi connectivity index (χ3n) is 5.64. The first-order valence-electron chi connectivity index (χ1n) is 8.45. The lowest BCUT2D eigenvalue weighted by Gasteiger charge is -2.46. The van der Waals surface area contributed by atoms with E-state index in [-0.39, 0.29) is 17.7 Å². The van der Waals surface area contributed by atoms with E-state index in [0.717, 1.165) is 5.69 Å². The summed E-state index contributed by atoms with van der Waals surface area (Å²) in [5, 5.41) is 20.9. The SMILES string of the molecule is CN1c2ccccc2C(C)(C)C12C=Cc1cc([N+](=O)[O-])cc(CO)c1O2. The monoisotopic (exact) mass is 352 g/mol. The molecule has 2 aliphatic heterocycles. The molecule has 0 saturated carbocycles. The summed E-state index contributed by atoms with van der Waals surface area (Å²) in [5.74, 6) is 0.494. The van der Waals surface area contributed by atoms with E-state index in [1.54, 1.807) is 0 Å². The van der Waals surface area contributed by atoms with Gasteiger partial charge in [-0.2, -0.15) is 0 Å². The van der Waals surface area contributed by atoms with Crippen molar-refractivity contribution in [3.8, 4) is 5.75 Å². The lowest BCUT2D eigenvalue weighted by atomic mass is 9.76. The second-order valence-corrected chi connectivity index (χ2v) is 7.27. The normalized spacial score (nSPS) is 22.1. The van der Waals surface area contributed by atoms with Crippen molar-refractivity contribution in [3.63, 3.8) is 0 Å². The van der Waals surface area contributed by atoms with Crippen LogP contribution in [0, 0.1) is 10.1 Å². The summed E-state index contributed by atoms with van der Waals surface area (Å²) in [4.78, 5) is 12.8. The van der Waals surface area contributed by atoms with Crippen LogP contribution in [0.5, 0.6) is 5.75 Å². The highest BCUT2D eigenvalue weighted by molar-refractivity contribution is 5.73. The van der Waals surface area contributed by atoms with Gasteiger partial charge in [-0.3, -0.25) is 10.1 Å². The van der Waals surface area contributed by atoms with Crippen LogP contribution < -0.4 is 9.64 Å². The van der Waals surface area contributed by atoms with E-state index in [1.165, 1.54) is 17.7 Å². The van der Waals surface area contributed by atoms with Crippen molar-refractivity contribution < 1.29 is 14.8 Å². The van der Waals surface area contributed by atoms with Gasteiger partial charge in [0.05, 0.1) is 16.9 Å². The molecule has 6 nitrogen and oxygen atoms in total. The highest BCUT2D eigenvalue weighted by Crippen LogP contribution is 2.54. The van der Waals surface area contributed by atoms with E-state index in [1.807, 2.05) is 31.3 Å². The molecule has 2 heterocycles. The first-order chi connectivity index (χ1) is 12.3. The average molecular weight is 352 g/mol. The van der Waals surface area contributed by atoms with Crippen molar-refractivity contribution >= 4 is 17.5 Å². The zero-order valence-electron chi connectivity index (χ0n) is 14.9. The largest absolute Gasteiger partial charge is 0.462 e. The Kier molecular flexibility index (Phi) is 3.39. The van der Waals surface area contributed by atoms with E-state index in [2.05, 4.69) is 30.9 Å². The smallest absolute Gasteiger partial charge is 0.270 e. The third-order valence-corrected chi connectivity index (χ3v) is 5.64. The molecule has 6 heteroatoms. The Morgan fingerprint density at radius 2 is 2.00 bits per heavy atom. The van der Waals surface area contributed by atoms with Crippen LogP contribution in [-0.4, -0.2) is 22.8 Å². The Morgan fingerprint density at radius 3 is 2.65 bits per heavy atom. The fourth-order valence-corrected chi connectivity index (χ4v) is 4.16. The number of anilines is 1. The van der Waals surface area contributed by atoms with Gasteiger partial charge in [0.1, 0.15) is 5.75 Å². The van der Waals surface area contributed by atoms with Gasteiger partial charge in [0.15, 0.2) is 0 Å². The molecule has 1 atom stereocenters. The standard InChI is InChI=1S/C20H20N2O4/c1-19(2)16-6-4-5-7-17(16)21(3)20(19)9-8-13-10-15(22(24)25)11-14(12-23)18(13)26-20/h4-11,23H,12H2,1-3H3. The summed E-state index contributed by atoms with van der Waals surface area (Å²) < 4.78 is 6.50. The number of aliphatic hydroxyl groups excluding tert-OH is 1. The van der Waals surface area contributed by atoms with Crippen LogP contribution in [0.1, 0.15) is 30.5 Å². The summed E-state index contributed by atoms with van der Waals surface area (Å²) in [6, 6.07) is 11.0. The molecule has 1 N–H and O–H groups in total. The zero-order valence-corrected chi connectivity index (χ0v) is 14.9. The molecule has 1 unspecified atom stereocenters. The van der Waals surface area contributed by atoms with E-state index in [0.29, 0.717) is 16.9 Å². The van der Waals surface area contributed by atoms with Crippen LogP contribution in [0.3, 0.4) is 0 Å². The minimum atomic E-state index is -0.774. The number of non-ortho nitro benzene ring substituents is 1. The number of benzene rings is 2. The third kappa shape index (κ3) is 1.96. The molecule has 2 aromatic carbocycles. The summed E-state index contributed by atoms with van der Waals surface area (Å²) >= 11 is 0. The van der Waals surface area contributed by atoms with Gasteiger partial charge in [-0.25, -0.2) is 0 Å². The molecule has 1 spiro atoms. The van der Waals surface area contributed by atoms with Crippen LogP contribution >= 0.6 is 0 Å². The van der Waals surface area contributed by atoms with E-state index in [9.17, 15) is 15.2 Å². The maximum Gasteiger partial charge on any atom is 0.270 e. The van der Waals surface area contributed by atoms with Gasteiger partial charge in [-0.15, -0.1) is 0 Å². The van der Waals surface area contributed by atoms with Crippen LogP contribution in [0.15, 0.2) is 42.5 Å². The summed E-state index contributed by atoms with van der Waals surface area (Å²) in [7, 11) is 1.98. The van der Waals surface area contributed by atoms with Crippen molar-refractivity contribution in [2.45, 2.75) is 31.6 Å². The number of aliphatic hydroxyl groups is 1. The molecule has 0 aromatic heterocycles. The first-order valence-corrected chi connectivity index (χ1v) is 8.45. The number of rotatable bonds is 2. The van der Waals surface area contributed by atoms with Gasteiger partial charge in [-0.05, 0) is 37.6 Å². The van der Waals surface area contributed by atoms with Gasteiger partial charge in [-0.1, -0.05) is 18.2 Å². The van der Waals surface area contributed by atoms with E-state index >= 15 is 0 Å². The maximum absolute atomic E-state index is 11.2. The van der Waals surface area contributed by atoms with Gasteiger partial charge < -0.3 is 14.7 Å². The highest BCUT2D eigenvalue weighted by Gasteiger charge is 2.57. The lowest BCUT2D eigenvalue weighted by Crippen LogP contribution is -2.58. The Hall–Kier alpha value is -2.86. The molecule has 0 saturated heterocycles. The molecule has 26 heavy (non-hydrogen) atoms. The van der Waals surface area contributed by atoms with Gasteiger partial charge in [0.2, 0.25) is 5.72 Å².